The fraction of sp³-hybridized carbons (Fsp3) is 0.412. The van der Waals surface area contributed by atoms with Crippen molar-refractivity contribution < 1.29 is 9.15 Å². The highest BCUT2D eigenvalue weighted by Crippen LogP contribution is 2.30. The van der Waals surface area contributed by atoms with Crippen LogP contribution in [0.5, 0.6) is 5.75 Å². The molecule has 1 aromatic carbocycles. The first-order valence-corrected chi connectivity index (χ1v) is 7.54. The van der Waals surface area contributed by atoms with Crippen LogP contribution < -0.4 is 10.5 Å². The van der Waals surface area contributed by atoms with Gasteiger partial charge in [-0.15, -0.1) is 0 Å². The SMILES string of the molecule is CCN(Cc1ccco1)C(CN)c1ccc2c(c1)CCO2. The van der Waals surface area contributed by atoms with Crippen LogP contribution in [-0.4, -0.2) is 24.6 Å². The monoisotopic (exact) mass is 286 g/mol. The largest absolute Gasteiger partial charge is 0.493 e. The van der Waals surface area contributed by atoms with Crippen LogP contribution in [0.4, 0.5) is 0 Å². The third-order valence-electron chi connectivity index (χ3n) is 4.11. The lowest BCUT2D eigenvalue weighted by Crippen LogP contribution is -2.33. The van der Waals surface area contributed by atoms with E-state index in [2.05, 4.69) is 30.0 Å². The van der Waals surface area contributed by atoms with Crippen LogP contribution in [0.2, 0.25) is 0 Å². The number of furan rings is 1. The summed E-state index contributed by atoms with van der Waals surface area (Å²) < 4.78 is 11.0. The first kappa shape index (κ1) is 14.2. The van der Waals surface area contributed by atoms with Gasteiger partial charge in [0, 0.05) is 19.0 Å². The lowest BCUT2D eigenvalue weighted by Gasteiger charge is -2.29. The molecule has 1 unspecified atom stereocenters. The minimum absolute atomic E-state index is 0.200. The first-order valence-electron chi connectivity index (χ1n) is 7.54. The van der Waals surface area contributed by atoms with Crippen molar-refractivity contribution in [2.24, 2.45) is 5.73 Å². The number of benzene rings is 1. The molecule has 0 fully saturated rings. The summed E-state index contributed by atoms with van der Waals surface area (Å²) in [6, 6.07) is 10.6. The molecule has 1 aliphatic rings. The highest BCUT2D eigenvalue weighted by atomic mass is 16.5. The Bertz CT molecular complexity index is 580. The smallest absolute Gasteiger partial charge is 0.122 e. The number of likely N-dealkylation sites (N-methyl/N-ethyl adjacent to an activating group) is 1. The summed E-state index contributed by atoms with van der Waals surface area (Å²) in [5, 5.41) is 0. The summed E-state index contributed by atoms with van der Waals surface area (Å²) in [6.07, 6.45) is 2.71. The third kappa shape index (κ3) is 2.96. The van der Waals surface area contributed by atoms with Gasteiger partial charge < -0.3 is 14.9 Å². The summed E-state index contributed by atoms with van der Waals surface area (Å²) in [7, 11) is 0. The molecule has 2 N–H and O–H groups in total. The van der Waals surface area contributed by atoms with E-state index in [1.807, 2.05) is 12.1 Å². The molecule has 0 saturated heterocycles. The molecule has 4 heteroatoms. The van der Waals surface area contributed by atoms with Crippen LogP contribution >= 0.6 is 0 Å². The molecule has 21 heavy (non-hydrogen) atoms. The summed E-state index contributed by atoms with van der Waals surface area (Å²) >= 11 is 0. The first-order chi connectivity index (χ1) is 10.3. The van der Waals surface area contributed by atoms with Gasteiger partial charge in [-0.2, -0.15) is 0 Å². The molecule has 4 nitrogen and oxygen atoms in total. The molecule has 2 heterocycles. The van der Waals surface area contributed by atoms with Gasteiger partial charge >= 0.3 is 0 Å². The zero-order valence-electron chi connectivity index (χ0n) is 12.4. The molecule has 1 atom stereocenters. The van der Waals surface area contributed by atoms with Crippen molar-refractivity contribution in [1.29, 1.82) is 0 Å². The number of fused-ring (bicyclic) bond motifs is 1. The van der Waals surface area contributed by atoms with E-state index in [1.54, 1.807) is 6.26 Å². The van der Waals surface area contributed by atoms with Crippen molar-refractivity contribution in [1.82, 2.24) is 4.90 Å². The van der Waals surface area contributed by atoms with Gasteiger partial charge in [-0.05, 0) is 35.9 Å². The molecule has 0 bridgehead atoms. The third-order valence-corrected chi connectivity index (χ3v) is 4.11. The predicted molar refractivity (Wildman–Crippen MR) is 82.2 cm³/mol. The Morgan fingerprint density at radius 1 is 1.33 bits per heavy atom. The molecule has 1 aliphatic heterocycles. The quantitative estimate of drug-likeness (QED) is 0.887. The molecule has 0 radical (unpaired) electrons. The van der Waals surface area contributed by atoms with Crippen LogP contribution in [0.25, 0.3) is 0 Å². The number of nitrogens with two attached hydrogens (primary N) is 1. The van der Waals surface area contributed by atoms with Gasteiger partial charge in [0.05, 0.1) is 19.4 Å². The second kappa shape index (κ2) is 6.33. The number of ether oxygens (including phenoxy) is 1. The van der Waals surface area contributed by atoms with Crippen molar-refractivity contribution in [3.63, 3.8) is 0 Å². The number of rotatable bonds is 6. The van der Waals surface area contributed by atoms with Gasteiger partial charge in [0.2, 0.25) is 0 Å². The Hall–Kier alpha value is -1.78. The molecule has 0 spiro atoms. The second-order valence-corrected chi connectivity index (χ2v) is 5.36. The Balaban J connectivity index is 1.82. The van der Waals surface area contributed by atoms with Gasteiger partial charge in [-0.1, -0.05) is 19.1 Å². The van der Waals surface area contributed by atoms with E-state index in [0.29, 0.717) is 6.54 Å². The fourth-order valence-corrected chi connectivity index (χ4v) is 2.95. The molecule has 0 amide bonds. The van der Waals surface area contributed by atoms with E-state index in [0.717, 1.165) is 37.6 Å². The summed E-state index contributed by atoms with van der Waals surface area (Å²) in [4.78, 5) is 2.34. The standard InChI is InChI=1S/C17H22N2O2/c1-2-19(12-15-4-3-8-20-15)16(11-18)13-5-6-17-14(10-13)7-9-21-17/h3-6,8,10,16H,2,7,9,11-12,18H2,1H3. The summed E-state index contributed by atoms with van der Waals surface area (Å²) in [5.41, 5.74) is 8.60. The maximum absolute atomic E-state index is 6.05. The number of nitrogens with zero attached hydrogens (tertiary/aromatic N) is 1. The van der Waals surface area contributed by atoms with Crippen molar-refractivity contribution in [3.8, 4) is 5.75 Å². The number of hydrogen-bond acceptors (Lipinski definition) is 4. The number of hydrogen-bond donors (Lipinski definition) is 1. The lowest BCUT2D eigenvalue weighted by molar-refractivity contribution is 0.188. The molecular weight excluding hydrogens is 264 g/mol. The second-order valence-electron chi connectivity index (χ2n) is 5.36. The topological polar surface area (TPSA) is 51.6 Å². The molecule has 0 saturated carbocycles. The Morgan fingerprint density at radius 2 is 2.24 bits per heavy atom. The van der Waals surface area contributed by atoms with Crippen LogP contribution in [-0.2, 0) is 13.0 Å². The van der Waals surface area contributed by atoms with Crippen LogP contribution in [0, 0.1) is 0 Å². The molecule has 0 aliphatic carbocycles. The van der Waals surface area contributed by atoms with E-state index in [-0.39, 0.29) is 6.04 Å². The highest BCUT2D eigenvalue weighted by Gasteiger charge is 2.21. The van der Waals surface area contributed by atoms with Gasteiger partial charge in [-0.25, -0.2) is 0 Å². The fourth-order valence-electron chi connectivity index (χ4n) is 2.95. The van der Waals surface area contributed by atoms with Gasteiger partial charge in [-0.3, -0.25) is 4.90 Å². The van der Waals surface area contributed by atoms with Crippen molar-refractivity contribution in [3.05, 3.63) is 53.5 Å². The van der Waals surface area contributed by atoms with E-state index >= 15 is 0 Å². The maximum atomic E-state index is 6.05. The minimum Gasteiger partial charge on any atom is -0.493 e. The van der Waals surface area contributed by atoms with E-state index in [1.165, 1.54) is 11.1 Å². The van der Waals surface area contributed by atoms with Crippen LogP contribution in [0.1, 0.15) is 29.9 Å². The van der Waals surface area contributed by atoms with Gasteiger partial charge in [0.1, 0.15) is 11.5 Å². The highest BCUT2D eigenvalue weighted by molar-refractivity contribution is 5.41. The van der Waals surface area contributed by atoms with E-state index < -0.39 is 0 Å². The minimum atomic E-state index is 0.200. The molecular formula is C17H22N2O2. The Kier molecular flexibility index (Phi) is 4.27. The van der Waals surface area contributed by atoms with E-state index in [4.69, 9.17) is 14.9 Å². The summed E-state index contributed by atoms with van der Waals surface area (Å²) in [6.45, 7) is 5.24. The maximum Gasteiger partial charge on any atom is 0.122 e. The van der Waals surface area contributed by atoms with Crippen LogP contribution in [0.15, 0.2) is 41.0 Å². The predicted octanol–water partition coefficient (Wildman–Crippen LogP) is 2.74. The molecule has 112 valence electrons. The lowest BCUT2D eigenvalue weighted by atomic mass is 10.0. The van der Waals surface area contributed by atoms with Crippen molar-refractivity contribution >= 4 is 0 Å². The summed E-state index contributed by atoms with van der Waals surface area (Å²) in [5.74, 6) is 1.99. The average molecular weight is 286 g/mol. The average Bonchev–Trinajstić information content (AvgIpc) is 3.17. The van der Waals surface area contributed by atoms with Crippen molar-refractivity contribution in [2.75, 3.05) is 19.7 Å². The Morgan fingerprint density at radius 3 is 2.95 bits per heavy atom. The normalized spacial score (nSPS) is 15.0. The van der Waals surface area contributed by atoms with Crippen molar-refractivity contribution in [2.45, 2.75) is 25.9 Å². The van der Waals surface area contributed by atoms with Gasteiger partial charge in [0.25, 0.3) is 0 Å². The zero-order chi connectivity index (χ0) is 14.7. The Labute approximate surface area is 125 Å². The zero-order valence-corrected chi connectivity index (χ0v) is 12.4. The van der Waals surface area contributed by atoms with Gasteiger partial charge in [0.15, 0.2) is 0 Å². The molecule has 1 aromatic heterocycles. The molecule has 3 rings (SSSR count). The van der Waals surface area contributed by atoms with E-state index in [9.17, 15) is 0 Å². The molecule has 2 aromatic rings. The van der Waals surface area contributed by atoms with Crippen LogP contribution in [0.3, 0.4) is 0 Å².